The van der Waals surface area contributed by atoms with Gasteiger partial charge in [0, 0.05) is 19.2 Å². The Morgan fingerprint density at radius 2 is 1.95 bits per heavy atom. The minimum Gasteiger partial charge on any atom is -0.378 e. The Balaban J connectivity index is 2.29. The van der Waals surface area contributed by atoms with E-state index in [0.717, 1.165) is 12.1 Å². The van der Waals surface area contributed by atoms with Crippen LogP contribution < -0.4 is 4.18 Å². The Morgan fingerprint density at radius 3 is 2.40 bits per heavy atom. The Hall–Kier alpha value is -2.13. The van der Waals surface area contributed by atoms with Crippen molar-refractivity contribution < 1.29 is 17.5 Å². The lowest BCUT2D eigenvalue weighted by Crippen LogP contribution is -2.11. The van der Waals surface area contributed by atoms with E-state index >= 15 is 0 Å². The zero-order chi connectivity index (χ0) is 14.9. The van der Waals surface area contributed by atoms with Crippen molar-refractivity contribution in [2.75, 3.05) is 0 Å². The molecule has 2 aromatic rings. The Bertz CT molecular complexity index is 754. The van der Waals surface area contributed by atoms with E-state index in [-0.39, 0.29) is 16.6 Å². The molecular formula is C10H8ClN3O5S. The van der Waals surface area contributed by atoms with Gasteiger partial charge in [0.25, 0.3) is 5.69 Å². The highest BCUT2D eigenvalue weighted by Crippen LogP contribution is 2.24. The predicted octanol–water partition coefficient (Wildman–Crippen LogP) is 1.75. The van der Waals surface area contributed by atoms with Gasteiger partial charge in [0.05, 0.1) is 11.3 Å². The van der Waals surface area contributed by atoms with Crippen molar-refractivity contribution in [2.24, 2.45) is 7.05 Å². The number of nitrogens with zero attached hydrogens (tertiary/aromatic N) is 3. The lowest BCUT2D eigenvalue weighted by Gasteiger charge is -2.05. The maximum absolute atomic E-state index is 11.9. The number of rotatable bonds is 4. The molecule has 0 unspecified atom stereocenters. The largest absolute Gasteiger partial charge is 0.378 e. The van der Waals surface area contributed by atoms with Crippen molar-refractivity contribution >= 4 is 27.4 Å². The molecule has 1 heterocycles. The van der Waals surface area contributed by atoms with E-state index in [1.165, 1.54) is 30.1 Å². The first kappa shape index (κ1) is 14.3. The number of nitro benzene ring substituents is 1. The topological polar surface area (TPSA) is 104 Å². The molecule has 0 atom stereocenters. The average molecular weight is 318 g/mol. The zero-order valence-electron chi connectivity index (χ0n) is 10.1. The number of benzene rings is 1. The van der Waals surface area contributed by atoms with Crippen LogP contribution in [0.15, 0.2) is 35.6 Å². The lowest BCUT2D eigenvalue weighted by molar-refractivity contribution is -0.384. The zero-order valence-corrected chi connectivity index (χ0v) is 11.6. The highest BCUT2D eigenvalue weighted by molar-refractivity contribution is 7.87. The van der Waals surface area contributed by atoms with Gasteiger partial charge in [-0.25, -0.2) is 4.98 Å². The molecular weight excluding hydrogens is 310 g/mol. The summed E-state index contributed by atoms with van der Waals surface area (Å²) >= 11 is 5.78. The summed E-state index contributed by atoms with van der Waals surface area (Å²) in [6.45, 7) is 0. The van der Waals surface area contributed by atoms with Crippen LogP contribution in [0.4, 0.5) is 5.69 Å². The van der Waals surface area contributed by atoms with Gasteiger partial charge in [0.1, 0.15) is 5.75 Å². The molecule has 0 saturated heterocycles. The summed E-state index contributed by atoms with van der Waals surface area (Å²) in [7, 11) is -2.66. The van der Waals surface area contributed by atoms with Crippen molar-refractivity contribution in [2.45, 2.75) is 5.03 Å². The highest BCUT2D eigenvalue weighted by atomic mass is 35.5. The lowest BCUT2D eigenvalue weighted by atomic mass is 10.3. The van der Waals surface area contributed by atoms with E-state index in [1.54, 1.807) is 0 Å². The third-order valence-electron chi connectivity index (χ3n) is 2.32. The Kier molecular flexibility index (Phi) is 3.64. The first-order chi connectivity index (χ1) is 9.31. The summed E-state index contributed by atoms with van der Waals surface area (Å²) in [6.07, 6.45) is 1.23. The Labute approximate surface area is 118 Å². The number of aromatic nitrogens is 2. The number of hydrogen-bond acceptors (Lipinski definition) is 6. The van der Waals surface area contributed by atoms with Gasteiger partial charge < -0.3 is 8.75 Å². The molecule has 20 heavy (non-hydrogen) atoms. The van der Waals surface area contributed by atoms with Gasteiger partial charge in [-0.15, -0.1) is 0 Å². The molecule has 1 aromatic heterocycles. The van der Waals surface area contributed by atoms with E-state index in [0.29, 0.717) is 0 Å². The summed E-state index contributed by atoms with van der Waals surface area (Å²) in [5.41, 5.74) is -0.175. The summed E-state index contributed by atoms with van der Waals surface area (Å²) < 4.78 is 30.0. The average Bonchev–Trinajstić information content (AvgIpc) is 2.71. The van der Waals surface area contributed by atoms with Gasteiger partial charge >= 0.3 is 10.1 Å². The molecule has 0 bridgehead atoms. The SMILES string of the molecule is Cn1cnc(S(=O)(=O)Oc2ccc([N+](=O)[O-])cc2)c1Cl. The van der Waals surface area contributed by atoms with Crippen molar-refractivity contribution in [1.29, 1.82) is 0 Å². The minimum atomic E-state index is -4.19. The molecule has 0 aliphatic heterocycles. The van der Waals surface area contributed by atoms with E-state index in [1.807, 2.05) is 0 Å². The van der Waals surface area contributed by atoms with Crippen molar-refractivity contribution in [1.82, 2.24) is 9.55 Å². The fourth-order valence-electron chi connectivity index (χ4n) is 1.35. The van der Waals surface area contributed by atoms with Gasteiger partial charge in [-0.05, 0) is 12.1 Å². The molecule has 2 rings (SSSR count). The second-order valence-electron chi connectivity index (χ2n) is 3.74. The van der Waals surface area contributed by atoms with Gasteiger partial charge in [-0.2, -0.15) is 8.42 Å². The first-order valence-corrected chi connectivity index (χ1v) is 6.95. The van der Waals surface area contributed by atoms with Crippen LogP contribution in [0, 0.1) is 10.1 Å². The number of halogens is 1. The molecule has 106 valence electrons. The number of non-ortho nitro benzene ring substituents is 1. The molecule has 0 saturated carbocycles. The third-order valence-corrected chi connectivity index (χ3v) is 4.07. The van der Waals surface area contributed by atoms with Crippen molar-refractivity contribution in [3.05, 3.63) is 45.9 Å². The van der Waals surface area contributed by atoms with Crippen LogP contribution in [0.5, 0.6) is 5.75 Å². The Morgan fingerprint density at radius 1 is 1.35 bits per heavy atom. The monoisotopic (exact) mass is 317 g/mol. The highest BCUT2D eigenvalue weighted by Gasteiger charge is 2.24. The van der Waals surface area contributed by atoms with Crippen LogP contribution in [0.2, 0.25) is 5.15 Å². The van der Waals surface area contributed by atoms with E-state index in [2.05, 4.69) is 4.98 Å². The van der Waals surface area contributed by atoms with Crippen LogP contribution in [-0.4, -0.2) is 22.9 Å². The van der Waals surface area contributed by atoms with E-state index in [4.69, 9.17) is 15.8 Å². The van der Waals surface area contributed by atoms with Gasteiger partial charge in [-0.3, -0.25) is 10.1 Å². The molecule has 0 aliphatic carbocycles. The molecule has 0 amide bonds. The van der Waals surface area contributed by atoms with Crippen molar-refractivity contribution in [3.63, 3.8) is 0 Å². The van der Waals surface area contributed by atoms with Crippen LogP contribution in [0.25, 0.3) is 0 Å². The summed E-state index contributed by atoms with van der Waals surface area (Å²) in [5.74, 6) is -0.0719. The smallest absolute Gasteiger partial charge is 0.360 e. The third kappa shape index (κ3) is 2.73. The maximum Gasteiger partial charge on any atom is 0.360 e. The number of nitro groups is 1. The minimum absolute atomic E-state index is 0.0719. The second-order valence-corrected chi connectivity index (χ2v) is 5.56. The fraction of sp³-hybridized carbons (Fsp3) is 0.100. The molecule has 10 heteroatoms. The normalized spacial score (nSPS) is 11.3. The summed E-state index contributed by atoms with van der Waals surface area (Å²) in [5, 5.41) is 9.98. The molecule has 0 N–H and O–H groups in total. The van der Waals surface area contributed by atoms with Gasteiger partial charge in [0.2, 0.25) is 5.03 Å². The number of imidazole rings is 1. The summed E-state index contributed by atoms with van der Waals surface area (Å²) in [4.78, 5) is 13.5. The molecule has 0 spiro atoms. The number of hydrogen-bond donors (Lipinski definition) is 0. The van der Waals surface area contributed by atoms with E-state index in [9.17, 15) is 18.5 Å². The molecule has 0 fully saturated rings. The van der Waals surface area contributed by atoms with Crippen molar-refractivity contribution in [3.8, 4) is 5.75 Å². The number of aryl methyl sites for hydroxylation is 1. The standard InChI is InChI=1S/C10H8ClN3O5S/c1-13-6-12-10(9(13)11)20(17,18)19-8-4-2-7(3-5-8)14(15)16/h2-6H,1H3. The van der Waals surface area contributed by atoms with Crippen LogP contribution in [-0.2, 0) is 17.2 Å². The van der Waals surface area contributed by atoms with Crippen LogP contribution in [0.1, 0.15) is 0 Å². The first-order valence-electron chi connectivity index (χ1n) is 5.17. The van der Waals surface area contributed by atoms with Gasteiger partial charge in [-0.1, -0.05) is 11.6 Å². The molecule has 0 aliphatic rings. The van der Waals surface area contributed by atoms with Crippen LogP contribution in [0.3, 0.4) is 0 Å². The fourth-order valence-corrected chi connectivity index (χ4v) is 2.70. The van der Waals surface area contributed by atoms with Crippen LogP contribution >= 0.6 is 11.6 Å². The maximum atomic E-state index is 11.9. The summed E-state index contributed by atoms with van der Waals surface area (Å²) in [6, 6.07) is 4.61. The second kappa shape index (κ2) is 5.10. The molecule has 0 radical (unpaired) electrons. The predicted molar refractivity (Wildman–Crippen MR) is 69.1 cm³/mol. The van der Waals surface area contributed by atoms with E-state index < -0.39 is 20.1 Å². The molecule has 8 nitrogen and oxygen atoms in total. The quantitative estimate of drug-likeness (QED) is 0.483. The van der Waals surface area contributed by atoms with Gasteiger partial charge in [0.15, 0.2) is 5.15 Å². The molecule has 1 aromatic carbocycles.